The molecule has 3 rings (SSSR count). The minimum absolute atomic E-state index is 0.361. The summed E-state index contributed by atoms with van der Waals surface area (Å²) < 4.78 is 16.2. The number of aliphatic hydroxyl groups excluding tert-OH is 1. The molecule has 0 saturated carbocycles. The predicted molar refractivity (Wildman–Crippen MR) is 88.6 cm³/mol. The second-order valence-corrected chi connectivity index (χ2v) is 5.82. The van der Waals surface area contributed by atoms with E-state index in [0.29, 0.717) is 41.5 Å². The normalized spacial score (nSPS) is 18.4. The van der Waals surface area contributed by atoms with E-state index < -0.39 is 12.1 Å². The first kappa shape index (κ1) is 16.5. The van der Waals surface area contributed by atoms with Gasteiger partial charge in [0.25, 0.3) is 0 Å². The van der Waals surface area contributed by atoms with Gasteiger partial charge in [-0.2, -0.15) is 0 Å². The fourth-order valence-electron chi connectivity index (χ4n) is 2.85. The molecule has 1 saturated heterocycles. The molecule has 2 heterocycles. The number of carbonyl (C=O) groups is 1. The molecule has 0 unspecified atom stereocenters. The van der Waals surface area contributed by atoms with Crippen LogP contribution in [0.3, 0.4) is 0 Å². The zero-order valence-corrected chi connectivity index (χ0v) is 13.9. The van der Waals surface area contributed by atoms with Gasteiger partial charge in [0.1, 0.15) is 5.75 Å². The molecular formula is C18H21NO5. The molecule has 0 spiro atoms. The van der Waals surface area contributed by atoms with Gasteiger partial charge >= 0.3 is 5.97 Å². The molecule has 1 atom stereocenters. The SMILES string of the molecule is C=C1C=C(N2CCOCC2)Oc2c1cc(C(=O)OC)cc2[C@H](C)O. The zero-order valence-electron chi connectivity index (χ0n) is 13.9. The van der Waals surface area contributed by atoms with Crippen molar-refractivity contribution >= 4 is 11.5 Å². The number of carbonyl (C=O) groups excluding carboxylic acids is 1. The molecule has 1 aromatic rings. The van der Waals surface area contributed by atoms with E-state index in [-0.39, 0.29) is 0 Å². The number of benzene rings is 1. The smallest absolute Gasteiger partial charge is 0.337 e. The number of allylic oxidation sites excluding steroid dienone is 2. The Kier molecular flexibility index (Phi) is 4.59. The number of hydrogen-bond acceptors (Lipinski definition) is 6. The largest absolute Gasteiger partial charge is 0.465 e. The van der Waals surface area contributed by atoms with Crippen molar-refractivity contribution in [3.8, 4) is 5.75 Å². The van der Waals surface area contributed by atoms with Gasteiger partial charge in [-0.1, -0.05) is 6.58 Å². The molecule has 2 aliphatic rings. The van der Waals surface area contributed by atoms with Crippen LogP contribution >= 0.6 is 0 Å². The van der Waals surface area contributed by atoms with Gasteiger partial charge in [0, 0.05) is 30.3 Å². The molecule has 128 valence electrons. The third-order valence-electron chi connectivity index (χ3n) is 4.16. The van der Waals surface area contributed by atoms with E-state index in [2.05, 4.69) is 11.5 Å². The molecule has 1 fully saturated rings. The lowest BCUT2D eigenvalue weighted by molar-refractivity contribution is 0.0342. The maximum absolute atomic E-state index is 11.9. The van der Waals surface area contributed by atoms with E-state index in [1.165, 1.54) is 7.11 Å². The van der Waals surface area contributed by atoms with Gasteiger partial charge in [-0.3, -0.25) is 0 Å². The molecule has 1 aromatic carbocycles. The summed E-state index contributed by atoms with van der Waals surface area (Å²) in [5.41, 5.74) is 2.31. The van der Waals surface area contributed by atoms with Crippen molar-refractivity contribution in [2.75, 3.05) is 33.4 Å². The van der Waals surface area contributed by atoms with Crippen LogP contribution in [-0.2, 0) is 9.47 Å². The summed E-state index contributed by atoms with van der Waals surface area (Å²) in [7, 11) is 1.32. The zero-order chi connectivity index (χ0) is 17.3. The number of rotatable bonds is 3. The summed E-state index contributed by atoms with van der Waals surface area (Å²) in [6, 6.07) is 3.28. The molecule has 0 amide bonds. The lowest BCUT2D eigenvalue weighted by Crippen LogP contribution is -2.38. The summed E-state index contributed by atoms with van der Waals surface area (Å²) in [6.45, 7) is 8.47. The minimum atomic E-state index is -0.791. The number of morpholine rings is 1. The summed E-state index contributed by atoms with van der Waals surface area (Å²) in [5, 5.41) is 10.1. The molecule has 0 bridgehead atoms. The maximum atomic E-state index is 11.9. The lowest BCUT2D eigenvalue weighted by atomic mass is 9.95. The Balaban J connectivity index is 2.02. The number of hydrogen-bond donors (Lipinski definition) is 1. The minimum Gasteiger partial charge on any atom is -0.465 e. The van der Waals surface area contributed by atoms with Crippen LogP contribution in [0.15, 0.2) is 30.7 Å². The van der Waals surface area contributed by atoms with Crippen LogP contribution in [-0.4, -0.2) is 49.4 Å². The first-order chi connectivity index (χ1) is 11.5. The molecule has 1 N–H and O–H groups in total. The number of nitrogens with zero attached hydrogens (tertiary/aromatic N) is 1. The van der Waals surface area contributed by atoms with Crippen LogP contribution in [0, 0.1) is 0 Å². The third kappa shape index (κ3) is 3.02. The second-order valence-electron chi connectivity index (χ2n) is 5.82. The van der Waals surface area contributed by atoms with Gasteiger partial charge in [0.15, 0.2) is 5.88 Å². The Bertz CT molecular complexity index is 702. The molecule has 0 aliphatic carbocycles. The molecule has 0 radical (unpaired) electrons. The number of ether oxygens (including phenoxy) is 3. The van der Waals surface area contributed by atoms with Gasteiger partial charge in [-0.15, -0.1) is 0 Å². The Morgan fingerprint density at radius 2 is 2.08 bits per heavy atom. The first-order valence-electron chi connectivity index (χ1n) is 7.87. The van der Waals surface area contributed by atoms with E-state index in [9.17, 15) is 9.90 Å². The Morgan fingerprint density at radius 1 is 1.38 bits per heavy atom. The highest BCUT2D eigenvalue weighted by Gasteiger charge is 2.27. The highest BCUT2D eigenvalue weighted by molar-refractivity contribution is 5.93. The van der Waals surface area contributed by atoms with Crippen molar-refractivity contribution < 1.29 is 24.1 Å². The summed E-state index contributed by atoms with van der Waals surface area (Å²) in [6.07, 6.45) is 1.06. The van der Waals surface area contributed by atoms with E-state index in [1.54, 1.807) is 19.1 Å². The van der Waals surface area contributed by atoms with E-state index in [0.717, 1.165) is 18.7 Å². The van der Waals surface area contributed by atoms with Gasteiger partial charge < -0.3 is 24.2 Å². The average molecular weight is 331 g/mol. The number of fused-ring (bicyclic) bond motifs is 1. The Hall–Kier alpha value is -2.31. The average Bonchev–Trinajstić information content (AvgIpc) is 2.60. The number of esters is 1. The van der Waals surface area contributed by atoms with Crippen LogP contribution in [0.2, 0.25) is 0 Å². The quantitative estimate of drug-likeness (QED) is 0.856. The van der Waals surface area contributed by atoms with Crippen molar-refractivity contribution in [2.24, 2.45) is 0 Å². The second kappa shape index (κ2) is 6.67. The fraction of sp³-hybridized carbons (Fsp3) is 0.389. The maximum Gasteiger partial charge on any atom is 0.337 e. The van der Waals surface area contributed by atoms with Crippen molar-refractivity contribution in [3.63, 3.8) is 0 Å². The molecule has 6 heteroatoms. The van der Waals surface area contributed by atoms with Crippen LogP contribution in [0.25, 0.3) is 5.57 Å². The van der Waals surface area contributed by atoms with E-state index in [4.69, 9.17) is 14.2 Å². The Morgan fingerprint density at radius 3 is 2.71 bits per heavy atom. The predicted octanol–water partition coefficient (Wildman–Crippen LogP) is 2.11. The number of aliphatic hydroxyl groups is 1. The first-order valence-corrected chi connectivity index (χ1v) is 7.87. The summed E-state index contributed by atoms with van der Waals surface area (Å²) >= 11 is 0. The number of methoxy groups -OCH3 is 1. The van der Waals surface area contributed by atoms with Crippen molar-refractivity contribution in [1.82, 2.24) is 4.90 Å². The molecule has 24 heavy (non-hydrogen) atoms. The van der Waals surface area contributed by atoms with Crippen LogP contribution in [0.4, 0.5) is 0 Å². The molecule has 0 aromatic heterocycles. The van der Waals surface area contributed by atoms with Gasteiger partial charge in [0.05, 0.1) is 32.0 Å². The van der Waals surface area contributed by atoms with Gasteiger partial charge in [-0.25, -0.2) is 4.79 Å². The van der Waals surface area contributed by atoms with Gasteiger partial charge in [-0.05, 0) is 24.6 Å². The monoisotopic (exact) mass is 331 g/mol. The highest BCUT2D eigenvalue weighted by atomic mass is 16.5. The fourth-order valence-corrected chi connectivity index (χ4v) is 2.85. The summed E-state index contributed by atoms with van der Waals surface area (Å²) in [4.78, 5) is 14.0. The van der Waals surface area contributed by atoms with Gasteiger partial charge in [0.2, 0.25) is 0 Å². The standard InChI is InChI=1S/C18H21NO5/c1-11-8-16(19-4-6-23-7-5-19)24-17-14(11)9-13(18(21)22-3)10-15(17)12(2)20/h8-10,12,20H,1,4-7H2,2-3H3/t12-/m0/s1. The molecule has 2 aliphatic heterocycles. The third-order valence-corrected chi connectivity index (χ3v) is 4.16. The van der Waals surface area contributed by atoms with E-state index in [1.807, 2.05) is 6.08 Å². The van der Waals surface area contributed by atoms with Crippen LogP contribution in [0.5, 0.6) is 5.75 Å². The Labute approximate surface area is 140 Å². The topological polar surface area (TPSA) is 68.2 Å². The van der Waals surface area contributed by atoms with Crippen molar-refractivity contribution in [2.45, 2.75) is 13.0 Å². The molecule has 6 nitrogen and oxygen atoms in total. The van der Waals surface area contributed by atoms with Crippen LogP contribution in [0.1, 0.15) is 34.5 Å². The molecular weight excluding hydrogens is 310 g/mol. The van der Waals surface area contributed by atoms with Crippen molar-refractivity contribution in [3.05, 3.63) is 47.4 Å². The summed E-state index contributed by atoms with van der Waals surface area (Å²) in [5.74, 6) is 0.755. The van der Waals surface area contributed by atoms with Crippen molar-refractivity contribution in [1.29, 1.82) is 0 Å². The van der Waals surface area contributed by atoms with Crippen LogP contribution < -0.4 is 4.74 Å². The van der Waals surface area contributed by atoms with E-state index >= 15 is 0 Å². The lowest BCUT2D eigenvalue weighted by Gasteiger charge is -2.33. The highest BCUT2D eigenvalue weighted by Crippen LogP contribution is 2.40.